The van der Waals surface area contributed by atoms with Crippen molar-refractivity contribution in [3.8, 4) is 5.75 Å². The lowest BCUT2D eigenvalue weighted by atomic mass is 10.1. The molecule has 1 saturated heterocycles. The number of amides is 1. The van der Waals surface area contributed by atoms with Crippen LogP contribution in [0.25, 0.3) is 21.0 Å². The Bertz CT molecular complexity index is 1490. The van der Waals surface area contributed by atoms with E-state index in [2.05, 4.69) is 10.6 Å². The summed E-state index contributed by atoms with van der Waals surface area (Å²) in [6.07, 6.45) is 1.61. The van der Waals surface area contributed by atoms with Crippen LogP contribution in [0.3, 0.4) is 0 Å². The second-order valence-corrected chi connectivity index (χ2v) is 9.53. The number of nitrogens with zero attached hydrogens (tertiary/aromatic N) is 1. The SMILES string of the molecule is COc1c(C(=O)NC2CCNCC2)sc2c1c(=O)n(CC(=O)c1ccccc1)c1ccc(F)cc21. The third kappa shape index (κ3) is 4.33. The lowest BCUT2D eigenvalue weighted by molar-refractivity contribution is 0.0929. The first-order chi connectivity index (χ1) is 17.0. The van der Waals surface area contributed by atoms with Gasteiger partial charge in [0, 0.05) is 17.0 Å². The van der Waals surface area contributed by atoms with Gasteiger partial charge in [-0.15, -0.1) is 11.3 Å². The Kier molecular flexibility index (Phi) is 6.36. The number of piperidine rings is 1. The zero-order valence-corrected chi connectivity index (χ0v) is 19.9. The molecule has 1 aliphatic rings. The van der Waals surface area contributed by atoms with Gasteiger partial charge in [0.05, 0.1) is 23.9 Å². The molecule has 1 fully saturated rings. The minimum absolute atomic E-state index is 0.0213. The van der Waals surface area contributed by atoms with Gasteiger partial charge in [-0.3, -0.25) is 19.0 Å². The summed E-state index contributed by atoms with van der Waals surface area (Å²) >= 11 is 1.10. The van der Waals surface area contributed by atoms with Crippen molar-refractivity contribution in [3.05, 3.63) is 75.1 Å². The van der Waals surface area contributed by atoms with Gasteiger partial charge in [0.1, 0.15) is 16.1 Å². The van der Waals surface area contributed by atoms with Gasteiger partial charge in [0.25, 0.3) is 11.5 Å². The standard InChI is InChI=1S/C26H24FN3O4S/c1-34-22-21-23(35-24(22)25(32)29-17-9-11-28-12-10-17)18-13-16(27)7-8-19(18)30(26(21)33)14-20(31)15-5-3-2-4-6-15/h2-8,13,17,28H,9-12,14H2,1H3,(H,29,32). The highest BCUT2D eigenvalue weighted by molar-refractivity contribution is 7.22. The van der Waals surface area contributed by atoms with E-state index in [-0.39, 0.29) is 40.3 Å². The minimum Gasteiger partial charge on any atom is -0.494 e. The van der Waals surface area contributed by atoms with Crippen LogP contribution in [0.1, 0.15) is 32.9 Å². The first-order valence-corrected chi connectivity index (χ1v) is 12.2. The van der Waals surface area contributed by atoms with E-state index in [1.807, 2.05) is 0 Å². The fourth-order valence-corrected chi connectivity index (χ4v) is 5.74. The number of fused-ring (bicyclic) bond motifs is 3. The van der Waals surface area contributed by atoms with Gasteiger partial charge in [0.15, 0.2) is 11.5 Å². The monoisotopic (exact) mass is 493 g/mol. The van der Waals surface area contributed by atoms with Crippen LogP contribution in [-0.2, 0) is 6.54 Å². The molecule has 3 heterocycles. The molecule has 0 atom stereocenters. The van der Waals surface area contributed by atoms with Crippen LogP contribution >= 0.6 is 11.3 Å². The number of pyridine rings is 1. The maximum absolute atomic E-state index is 14.3. The quantitative estimate of drug-likeness (QED) is 0.400. The number of ether oxygens (including phenoxy) is 1. The Hall–Kier alpha value is -3.56. The summed E-state index contributed by atoms with van der Waals surface area (Å²) in [7, 11) is 1.40. The van der Waals surface area contributed by atoms with Crippen LogP contribution in [0, 0.1) is 5.82 Å². The van der Waals surface area contributed by atoms with E-state index in [0.717, 1.165) is 37.3 Å². The molecular formula is C26H24FN3O4S. The van der Waals surface area contributed by atoms with Crippen LogP contribution in [0.4, 0.5) is 4.39 Å². The number of Topliss-reactive ketones (excluding diaryl/α,β-unsaturated/α-hetero) is 1. The first-order valence-electron chi connectivity index (χ1n) is 11.4. The average molecular weight is 494 g/mol. The van der Waals surface area contributed by atoms with Crippen LogP contribution in [0.5, 0.6) is 5.75 Å². The number of carbonyl (C=O) groups is 2. The van der Waals surface area contributed by atoms with Gasteiger partial charge in [0.2, 0.25) is 0 Å². The Morgan fingerprint density at radius 1 is 1.17 bits per heavy atom. The zero-order valence-electron chi connectivity index (χ0n) is 19.1. The normalized spacial score (nSPS) is 14.3. The highest BCUT2D eigenvalue weighted by Crippen LogP contribution is 2.40. The van der Waals surface area contributed by atoms with Crippen LogP contribution in [0.15, 0.2) is 53.3 Å². The fourth-order valence-electron chi connectivity index (χ4n) is 4.55. The van der Waals surface area contributed by atoms with Gasteiger partial charge in [-0.2, -0.15) is 0 Å². The van der Waals surface area contributed by atoms with Crippen molar-refractivity contribution in [2.24, 2.45) is 0 Å². The smallest absolute Gasteiger partial charge is 0.265 e. The number of hydrogen-bond acceptors (Lipinski definition) is 6. The van der Waals surface area contributed by atoms with Crippen molar-refractivity contribution < 1.29 is 18.7 Å². The number of nitrogens with one attached hydrogen (secondary N) is 2. The van der Waals surface area contributed by atoms with Gasteiger partial charge in [-0.1, -0.05) is 30.3 Å². The number of benzene rings is 2. The molecule has 0 saturated carbocycles. The van der Waals surface area contributed by atoms with E-state index in [4.69, 9.17) is 4.74 Å². The maximum Gasteiger partial charge on any atom is 0.265 e. The van der Waals surface area contributed by atoms with E-state index in [9.17, 15) is 18.8 Å². The zero-order chi connectivity index (χ0) is 24.5. The number of carbonyl (C=O) groups excluding carboxylic acids is 2. The molecule has 1 amide bonds. The van der Waals surface area contributed by atoms with Gasteiger partial charge in [-0.05, 0) is 44.1 Å². The van der Waals surface area contributed by atoms with E-state index < -0.39 is 11.4 Å². The summed E-state index contributed by atoms with van der Waals surface area (Å²) in [6.45, 7) is 1.41. The Morgan fingerprint density at radius 2 is 1.91 bits per heavy atom. The minimum atomic E-state index is -0.480. The van der Waals surface area contributed by atoms with Gasteiger partial charge < -0.3 is 15.4 Å². The molecule has 9 heteroatoms. The second-order valence-electron chi connectivity index (χ2n) is 8.51. The van der Waals surface area contributed by atoms with Crippen LogP contribution < -0.4 is 20.9 Å². The molecule has 2 N–H and O–H groups in total. The van der Waals surface area contributed by atoms with Crippen molar-refractivity contribution in [1.82, 2.24) is 15.2 Å². The highest BCUT2D eigenvalue weighted by Gasteiger charge is 2.27. The summed E-state index contributed by atoms with van der Waals surface area (Å²) in [5.74, 6) is -0.915. The van der Waals surface area contributed by atoms with E-state index in [1.165, 1.54) is 29.9 Å². The second kappa shape index (κ2) is 9.59. The highest BCUT2D eigenvalue weighted by atomic mass is 32.1. The maximum atomic E-state index is 14.3. The number of ketones is 1. The van der Waals surface area contributed by atoms with Crippen LogP contribution in [0.2, 0.25) is 0 Å². The summed E-state index contributed by atoms with van der Waals surface area (Å²) < 4.78 is 21.7. The molecule has 7 nitrogen and oxygen atoms in total. The number of aromatic nitrogens is 1. The Morgan fingerprint density at radius 3 is 2.63 bits per heavy atom. The van der Waals surface area contributed by atoms with Crippen molar-refractivity contribution in [2.45, 2.75) is 25.4 Å². The predicted molar refractivity (Wildman–Crippen MR) is 134 cm³/mol. The van der Waals surface area contributed by atoms with Gasteiger partial charge >= 0.3 is 0 Å². The molecular weight excluding hydrogens is 469 g/mol. The van der Waals surface area contributed by atoms with Crippen molar-refractivity contribution in [1.29, 1.82) is 0 Å². The van der Waals surface area contributed by atoms with Crippen molar-refractivity contribution >= 4 is 44.0 Å². The predicted octanol–water partition coefficient (Wildman–Crippen LogP) is 3.73. The molecule has 2 aromatic carbocycles. The van der Waals surface area contributed by atoms with Crippen LogP contribution in [-0.4, -0.2) is 42.5 Å². The lowest BCUT2D eigenvalue weighted by Crippen LogP contribution is -2.42. The van der Waals surface area contributed by atoms with Crippen molar-refractivity contribution in [3.63, 3.8) is 0 Å². The molecule has 0 bridgehead atoms. The third-order valence-corrected chi connectivity index (χ3v) is 7.50. The number of rotatable bonds is 6. The molecule has 5 rings (SSSR count). The molecule has 1 aliphatic heterocycles. The molecule has 180 valence electrons. The van der Waals surface area contributed by atoms with Crippen molar-refractivity contribution in [2.75, 3.05) is 20.2 Å². The third-order valence-electron chi connectivity index (χ3n) is 6.30. The number of thiophene rings is 1. The Balaban J connectivity index is 1.67. The summed E-state index contributed by atoms with van der Waals surface area (Å²) in [4.78, 5) is 40.1. The summed E-state index contributed by atoms with van der Waals surface area (Å²) in [6, 6.07) is 12.8. The molecule has 0 aliphatic carbocycles. The molecule has 35 heavy (non-hydrogen) atoms. The summed E-state index contributed by atoms with van der Waals surface area (Å²) in [5.41, 5.74) is 0.425. The summed E-state index contributed by atoms with van der Waals surface area (Å²) in [5, 5.41) is 6.91. The lowest BCUT2D eigenvalue weighted by Gasteiger charge is -2.23. The van der Waals surface area contributed by atoms with E-state index >= 15 is 0 Å². The number of halogens is 1. The first kappa shape index (κ1) is 23.2. The molecule has 0 spiro atoms. The largest absolute Gasteiger partial charge is 0.494 e. The molecule has 4 aromatic rings. The molecule has 0 unspecified atom stereocenters. The topological polar surface area (TPSA) is 89.4 Å². The molecule has 2 aromatic heterocycles. The van der Waals surface area contributed by atoms with E-state index in [1.54, 1.807) is 30.3 Å². The Labute approximate surface area is 204 Å². The fraction of sp³-hybridized carbons (Fsp3) is 0.269. The van der Waals surface area contributed by atoms with Gasteiger partial charge in [-0.25, -0.2) is 4.39 Å². The molecule has 0 radical (unpaired) electrons. The number of hydrogen-bond donors (Lipinski definition) is 2. The van der Waals surface area contributed by atoms with E-state index in [0.29, 0.717) is 21.2 Å². The average Bonchev–Trinajstić information content (AvgIpc) is 3.28. The number of methoxy groups -OCH3 is 1.